The Kier molecular flexibility index (Phi) is 4.68. The van der Waals surface area contributed by atoms with Crippen LogP contribution in [0.4, 0.5) is 0 Å². The molecule has 0 aliphatic carbocycles. The second-order valence-corrected chi connectivity index (χ2v) is 4.35. The normalized spacial score (nSPS) is 11.7. The first kappa shape index (κ1) is 14.7. The highest BCUT2D eigenvalue weighted by molar-refractivity contribution is 6.00. The Morgan fingerprint density at radius 3 is 2.29 bits per heavy atom. The molecule has 0 saturated heterocycles. The van der Waals surface area contributed by atoms with E-state index in [0.717, 1.165) is 0 Å². The predicted octanol–water partition coefficient (Wildman–Crippen LogP) is 2.07. The van der Waals surface area contributed by atoms with Crippen molar-refractivity contribution >= 4 is 11.8 Å². The third-order valence-electron chi connectivity index (χ3n) is 2.87. The molecule has 1 unspecified atom stereocenters. The number of ketones is 1. The molecule has 5 heteroatoms. The average molecular weight is 286 g/mol. The van der Waals surface area contributed by atoms with Crippen molar-refractivity contribution in [1.29, 1.82) is 0 Å². The van der Waals surface area contributed by atoms with Gasteiger partial charge < -0.3 is 14.9 Å². The molecule has 2 aromatic rings. The monoisotopic (exact) mass is 286 g/mol. The highest BCUT2D eigenvalue weighted by atomic mass is 16.5. The number of ether oxygens (including phenoxy) is 1. The number of aliphatic hydroxyl groups excluding tert-OH is 1. The number of hydrogen-bond donors (Lipinski definition) is 2. The lowest BCUT2D eigenvalue weighted by Gasteiger charge is -2.14. The molecule has 0 bridgehead atoms. The molecule has 0 radical (unpaired) electrons. The summed E-state index contributed by atoms with van der Waals surface area (Å²) in [7, 11) is 0. The van der Waals surface area contributed by atoms with E-state index in [0.29, 0.717) is 5.56 Å². The van der Waals surface area contributed by atoms with Crippen LogP contribution in [0, 0.1) is 0 Å². The summed E-state index contributed by atoms with van der Waals surface area (Å²) < 4.78 is 5.09. The van der Waals surface area contributed by atoms with Crippen LogP contribution in [0.5, 0.6) is 5.75 Å². The van der Waals surface area contributed by atoms with Gasteiger partial charge in [0.25, 0.3) is 0 Å². The predicted molar refractivity (Wildman–Crippen MR) is 75.3 cm³/mol. The second-order valence-electron chi connectivity index (χ2n) is 4.35. The number of carbonyl (C=O) groups excluding carboxylic acids is 1. The summed E-state index contributed by atoms with van der Waals surface area (Å²) >= 11 is 0. The van der Waals surface area contributed by atoms with Crippen molar-refractivity contribution < 1.29 is 24.5 Å². The Hall–Kier alpha value is -2.66. The molecule has 21 heavy (non-hydrogen) atoms. The standard InChI is InChI=1S/C16H14O5/c17-14(18)10-21-13-9-5-4-8-12(13)16(20)15(19)11-6-2-1-3-7-11/h1-9,16,20H,10H2,(H,17,18). The van der Waals surface area contributed by atoms with Gasteiger partial charge in [0.15, 0.2) is 12.4 Å². The first-order valence-corrected chi connectivity index (χ1v) is 6.30. The largest absolute Gasteiger partial charge is 0.482 e. The van der Waals surface area contributed by atoms with E-state index in [9.17, 15) is 14.7 Å². The molecule has 5 nitrogen and oxygen atoms in total. The van der Waals surface area contributed by atoms with E-state index >= 15 is 0 Å². The molecule has 0 fully saturated rings. The number of hydrogen-bond acceptors (Lipinski definition) is 4. The topological polar surface area (TPSA) is 83.8 Å². The molecule has 0 aromatic heterocycles. The number of para-hydroxylation sites is 1. The van der Waals surface area contributed by atoms with E-state index in [-0.39, 0.29) is 11.3 Å². The van der Waals surface area contributed by atoms with Crippen molar-refractivity contribution in [2.75, 3.05) is 6.61 Å². The summed E-state index contributed by atoms with van der Waals surface area (Å²) in [6, 6.07) is 14.7. The Labute approximate surface area is 121 Å². The summed E-state index contributed by atoms with van der Waals surface area (Å²) in [4.78, 5) is 22.8. The minimum absolute atomic E-state index is 0.177. The number of carboxylic acids is 1. The quantitative estimate of drug-likeness (QED) is 0.794. The summed E-state index contributed by atoms with van der Waals surface area (Å²) in [6.07, 6.45) is -1.41. The lowest BCUT2D eigenvalue weighted by atomic mass is 9.99. The second kappa shape index (κ2) is 6.67. The molecule has 2 rings (SSSR count). The highest BCUT2D eigenvalue weighted by Gasteiger charge is 2.22. The third kappa shape index (κ3) is 3.67. The Morgan fingerprint density at radius 2 is 1.62 bits per heavy atom. The maximum atomic E-state index is 12.2. The smallest absolute Gasteiger partial charge is 0.341 e. The van der Waals surface area contributed by atoms with Crippen molar-refractivity contribution in [1.82, 2.24) is 0 Å². The zero-order valence-corrected chi connectivity index (χ0v) is 11.1. The maximum absolute atomic E-state index is 12.2. The Bertz CT molecular complexity index is 636. The molecule has 0 aliphatic heterocycles. The van der Waals surface area contributed by atoms with Gasteiger partial charge in [-0.3, -0.25) is 4.79 Å². The number of aliphatic carboxylic acids is 1. The van der Waals surface area contributed by atoms with E-state index < -0.39 is 24.5 Å². The minimum atomic E-state index is -1.41. The van der Waals surface area contributed by atoms with Crippen LogP contribution < -0.4 is 4.74 Å². The molecule has 0 saturated carbocycles. The summed E-state index contributed by atoms with van der Waals surface area (Å²) in [6.45, 7) is -0.538. The Balaban J connectivity index is 2.24. The number of carbonyl (C=O) groups is 2. The van der Waals surface area contributed by atoms with Gasteiger partial charge in [-0.15, -0.1) is 0 Å². The van der Waals surface area contributed by atoms with Gasteiger partial charge in [0, 0.05) is 11.1 Å². The van der Waals surface area contributed by atoms with Gasteiger partial charge in [-0.05, 0) is 6.07 Å². The fourth-order valence-corrected chi connectivity index (χ4v) is 1.88. The molecule has 0 spiro atoms. The summed E-state index contributed by atoms with van der Waals surface area (Å²) in [5.41, 5.74) is 0.616. The van der Waals surface area contributed by atoms with Crippen molar-refractivity contribution in [3.8, 4) is 5.75 Å². The van der Waals surface area contributed by atoms with Crippen LogP contribution in [-0.2, 0) is 4.79 Å². The summed E-state index contributed by atoms with van der Waals surface area (Å²) in [5.74, 6) is -1.42. The molecular weight excluding hydrogens is 272 g/mol. The zero-order chi connectivity index (χ0) is 15.2. The maximum Gasteiger partial charge on any atom is 0.341 e. The van der Waals surface area contributed by atoms with Gasteiger partial charge >= 0.3 is 5.97 Å². The van der Waals surface area contributed by atoms with E-state index in [1.54, 1.807) is 42.5 Å². The average Bonchev–Trinajstić information content (AvgIpc) is 2.52. The van der Waals surface area contributed by atoms with Gasteiger partial charge in [0.05, 0.1) is 0 Å². The SMILES string of the molecule is O=C(O)COc1ccccc1C(O)C(=O)c1ccccc1. The lowest BCUT2D eigenvalue weighted by Crippen LogP contribution is -2.15. The molecule has 2 N–H and O–H groups in total. The first-order valence-electron chi connectivity index (χ1n) is 6.30. The lowest BCUT2D eigenvalue weighted by molar-refractivity contribution is -0.139. The molecule has 1 atom stereocenters. The van der Waals surface area contributed by atoms with E-state index in [2.05, 4.69) is 0 Å². The zero-order valence-electron chi connectivity index (χ0n) is 11.1. The van der Waals surface area contributed by atoms with Crippen molar-refractivity contribution in [3.05, 3.63) is 65.7 Å². The van der Waals surface area contributed by atoms with Crippen LogP contribution in [0.15, 0.2) is 54.6 Å². The van der Waals surface area contributed by atoms with Crippen LogP contribution in [0.1, 0.15) is 22.0 Å². The van der Waals surface area contributed by atoms with E-state index in [1.165, 1.54) is 12.1 Å². The van der Waals surface area contributed by atoms with Gasteiger partial charge in [-0.1, -0.05) is 48.5 Å². The Morgan fingerprint density at radius 1 is 1.00 bits per heavy atom. The number of aliphatic hydroxyl groups is 1. The van der Waals surface area contributed by atoms with Crippen molar-refractivity contribution in [3.63, 3.8) is 0 Å². The van der Waals surface area contributed by atoms with Crippen LogP contribution in [0.3, 0.4) is 0 Å². The van der Waals surface area contributed by atoms with Crippen LogP contribution in [-0.4, -0.2) is 28.6 Å². The summed E-state index contributed by atoms with van der Waals surface area (Å²) in [5, 5.41) is 18.8. The van der Waals surface area contributed by atoms with Crippen molar-refractivity contribution in [2.45, 2.75) is 6.10 Å². The molecule has 0 heterocycles. The van der Waals surface area contributed by atoms with Crippen LogP contribution >= 0.6 is 0 Å². The van der Waals surface area contributed by atoms with Crippen LogP contribution in [0.25, 0.3) is 0 Å². The van der Waals surface area contributed by atoms with Crippen molar-refractivity contribution in [2.24, 2.45) is 0 Å². The highest BCUT2D eigenvalue weighted by Crippen LogP contribution is 2.27. The van der Waals surface area contributed by atoms with E-state index in [1.807, 2.05) is 0 Å². The van der Waals surface area contributed by atoms with Gasteiger partial charge in [-0.25, -0.2) is 4.79 Å². The van der Waals surface area contributed by atoms with Crippen LogP contribution in [0.2, 0.25) is 0 Å². The number of benzene rings is 2. The van der Waals surface area contributed by atoms with Gasteiger partial charge in [0.1, 0.15) is 11.9 Å². The first-order chi connectivity index (χ1) is 10.1. The van der Waals surface area contributed by atoms with Gasteiger partial charge in [0.2, 0.25) is 0 Å². The number of rotatable bonds is 6. The third-order valence-corrected chi connectivity index (χ3v) is 2.87. The fraction of sp³-hybridized carbons (Fsp3) is 0.125. The molecule has 2 aromatic carbocycles. The number of carboxylic acid groups (broad SMARTS) is 1. The van der Waals surface area contributed by atoms with E-state index in [4.69, 9.17) is 9.84 Å². The molecule has 0 aliphatic rings. The number of Topliss-reactive ketones (excluding diaryl/α,β-unsaturated/α-hetero) is 1. The van der Waals surface area contributed by atoms with Gasteiger partial charge in [-0.2, -0.15) is 0 Å². The molecule has 0 amide bonds. The fourth-order valence-electron chi connectivity index (χ4n) is 1.88. The molecular formula is C16H14O5. The molecule has 108 valence electrons. The minimum Gasteiger partial charge on any atom is -0.482 e.